The van der Waals surface area contributed by atoms with Gasteiger partial charge in [0.25, 0.3) is 0 Å². The Balaban J connectivity index is 1.52. The van der Waals surface area contributed by atoms with Gasteiger partial charge in [-0.2, -0.15) is 0 Å². The standard InChI is InChI=1S/C14H22N4O/c1-18-11-3-4-12(18)6-10(5-11)7-15-14-16-8-13(19-2)9-17-14/h8-12H,3-7H2,1-2H3,(H,15,16,17). The maximum absolute atomic E-state index is 5.05. The third kappa shape index (κ3) is 2.66. The fourth-order valence-electron chi connectivity index (χ4n) is 3.44. The molecule has 1 aromatic heterocycles. The number of piperidine rings is 1. The largest absolute Gasteiger partial charge is 0.494 e. The van der Waals surface area contributed by atoms with Gasteiger partial charge in [-0.3, -0.25) is 0 Å². The van der Waals surface area contributed by atoms with Crippen LogP contribution in [0.25, 0.3) is 0 Å². The molecule has 2 aliphatic heterocycles. The Bertz CT molecular complexity index is 408. The molecule has 3 rings (SSSR count). The molecule has 2 saturated heterocycles. The minimum absolute atomic E-state index is 0.697. The summed E-state index contributed by atoms with van der Waals surface area (Å²) in [6, 6.07) is 1.59. The van der Waals surface area contributed by atoms with Gasteiger partial charge in [0.2, 0.25) is 5.95 Å². The molecule has 1 aromatic rings. The number of nitrogens with one attached hydrogen (secondary N) is 1. The number of methoxy groups -OCH3 is 1. The number of hydrogen-bond acceptors (Lipinski definition) is 5. The van der Waals surface area contributed by atoms with E-state index in [1.54, 1.807) is 19.5 Å². The molecule has 0 aromatic carbocycles. The van der Waals surface area contributed by atoms with Crippen LogP contribution in [-0.2, 0) is 0 Å². The van der Waals surface area contributed by atoms with E-state index in [2.05, 4.69) is 27.2 Å². The monoisotopic (exact) mass is 262 g/mol. The number of rotatable bonds is 4. The summed E-state index contributed by atoms with van der Waals surface area (Å²) in [5.41, 5.74) is 0. The molecule has 1 N–H and O–H groups in total. The highest BCUT2D eigenvalue weighted by Crippen LogP contribution is 2.37. The van der Waals surface area contributed by atoms with E-state index in [4.69, 9.17) is 4.74 Å². The van der Waals surface area contributed by atoms with Gasteiger partial charge in [0.05, 0.1) is 19.5 Å². The van der Waals surface area contributed by atoms with Gasteiger partial charge in [-0.1, -0.05) is 0 Å². The summed E-state index contributed by atoms with van der Waals surface area (Å²) >= 11 is 0. The molecular formula is C14H22N4O. The lowest BCUT2D eigenvalue weighted by Gasteiger charge is -2.36. The van der Waals surface area contributed by atoms with Gasteiger partial charge in [0.1, 0.15) is 0 Å². The van der Waals surface area contributed by atoms with Crippen LogP contribution < -0.4 is 10.1 Å². The molecule has 0 amide bonds. The second-order valence-electron chi connectivity index (χ2n) is 5.72. The third-order valence-corrected chi connectivity index (χ3v) is 4.61. The van der Waals surface area contributed by atoms with E-state index in [9.17, 15) is 0 Å². The molecule has 0 saturated carbocycles. The lowest BCUT2D eigenvalue weighted by Crippen LogP contribution is -2.41. The van der Waals surface area contributed by atoms with E-state index in [-0.39, 0.29) is 0 Å². The first-order chi connectivity index (χ1) is 9.26. The van der Waals surface area contributed by atoms with Crippen molar-refractivity contribution in [1.82, 2.24) is 14.9 Å². The molecule has 5 nitrogen and oxygen atoms in total. The summed E-state index contributed by atoms with van der Waals surface area (Å²) in [6.07, 6.45) is 8.75. The Labute approximate surface area is 114 Å². The zero-order valence-electron chi connectivity index (χ0n) is 11.7. The summed E-state index contributed by atoms with van der Waals surface area (Å²) in [6.45, 7) is 0.979. The van der Waals surface area contributed by atoms with Gasteiger partial charge >= 0.3 is 0 Å². The fraction of sp³-hybridized carbons (Fsp3) is 0.714. The Morgan fingerprint density at radius 3 is 2.47 bits per heavy atom. The molecule has 0 aliphatic carbocycles. The first kappa shape index (κ1) is 12.7. The molecule has 19 heavy (non-hydrogen) atoms. The summed E-state index contributed by atoms with van der Waals surface area (Å²) in [7, 11) is 3.90. The quantitative estimate of drug-likeness (QED) is 0.896. The van der Waals surface area contributed by atoms with Crippen molar-refractivity contribution >= 4 is 5.95 Å². The van der Waals surface area contributed by atoms with E-state index < -0.39 is 0 Å². The van der Waals surface area contributed by atoms with Crippen LogP contribution in [-0.4, -0.2) is 47.7 Å². The van der Waals surface area contributed by atoms with E-state index in [1.165, 1.54) is 25.7 Å². The van der Waals surface area contributed by atoms with Crippen LogP contribution in [0.4, 0.5) is 5.95 Å². The van der Waals surface area contributed by atoms with Gasteiger partial charge in [0, 0.05) is 18.6 Å². The Morgan fingerprint density at radius 1 is 1.26 bits per heavy atom. The lowest BCUT2D eigenvalue weighted by atomic mass is 9.91. The summed E-state index contributed by atoms with van der Waals surface area (Å²) in [4.78, 5) is 11.1. The van der Waals surface area contributed by atoms with Crippen LogP contribution in [0.15, 0.2) is 12.4 Å². The second kappa shape index (κ2) is 5.33. The highest BCUT2D eigenvalue weighted by Gasteiger charge is 2.38. The van der Waals surface area contributed by atoms with Crippen molar-refractivity contribution in [3.05, 3.63) is 12.4 Å². The van der Waals surface area contributed by atoms with E-state index in [1.807, 2.05) is 0 Å². The molecule has 0 spiro atoms. The molecule has 2 bridgehead atoms. The molecule has 5 heteroatoms. The van der Waals surface area contributed by atoms with Gasteiger partial charge in [-0.25, -0.2) is 9.97 Å². The van der Waals surface area contributed by atoms with Crippen LogP contribution in [0.1, 0.15) is 25.7 Å². The maximum Gasteiger partial charge on any atom is 0.222 e. The van der Waals surface area contributed by atoms with Gasteiger partial charge in [-0.15, -0.1) is 0 Å². The summed E-state index contributed by atoms with van der Waals surface area (Å²) < 4.78 is 5.05. The fourth-order valence-corrected chi connectivity index (χ4v) is 3.44. The Hall–Kier alpha value is -1.36. The maximum atomic E-state index is 5.05. The normalized spacial score (nSPS) is 30.3. The number of nitrogens with zero attached hydrogens (tertiary/aromatic N) is 3. The van der Waals surface area contributed by atoms with Gasteiger partial charge in [-0.05, 0) is 38.6 Å². The Kier molecular flexibility index (Phi) is 3.55. The highest BCUT2D eigenvalue weighted by molar-refractivity contribution is 5.27. The summed E-state index contributed by atoms with van der Waals surface area (Å²) in [5.74, 6) is 2.15. The highest BCUT2D eigenvalue weighted by atomic mass is 16.5. The SMILES string of the molecule is COc1cnc(NCC2CC3CCC(C2)N3C)nc1. The lowest BCUT2D eigenvalue weighted by molar-refractivity contribution is 0.139. The molecule has 104 valence electrons. The van der Waals surface area contributed by atoms with Crippen LogP contribution in [0.3, 0.4) is 0 Å². The molecule has 2 fully saturated rings. The number of anilines is 1. The van der Waals surface area contributed by atoms with Crippen molar-refractivity contribution in [2.24, 2.45) is 5.92 Å². The third-order valence-electron chi connectivity index (χ3n) is 4.61. The van der Waals surface area contributed by atoms with E-state index >= 15 is 0 Å². The van der Waals surface area contributed by atoms with Crippen LogP contribution in [0.2, 0.25) is 0 Å². The minimum Gasteiger partial charge on any atom is -0.494 e. The van der Waals surface area contributed by atoms with E-state index in [0.29, 0.717) is 11.7 Å². The first-order valence-corrected chi connectivity index (χ1v) is 7.08. The number of hydrogen-bond donors (Lipinski definition) is 1. The zero-order valence-corrected chi connectivity index (χ0v) is 11.7. The average molecular weight is 262 g/mol. The molecule has 2 atom stereocenters. The van der Waals surface area contributed by atoms with E-state index in [0.717, 1.165) is 24.5 Å². The smallest absolute Gasteiger partial charge is 0.222 e. The van der Waals surface area contributed by atoms with Crippen LogP contribution >= 0.6 is 0 Å². The first-order valence-electron chi connectivity index (χ1n) is 7.08. The minimum atomic E-state index is 0.697. The van der Waals surface area contributed by atoms with Crippen LogP contribution in [0, 0.1) is 5.92 Å². The van der Waals surface area contributed by atoms with Crippen LogP contribution in [0.5, 0.6) is 5.75 Å². The predicted octanol–water partition coefficient (Wildman–Crippen LogP) is 1.77. The van der Waals surface area contributed by atoms with Crippen molar-refractivity contribution in [3.8, 4) is 5.75 Å². The molecule has 2 aliphatic rings. The topological polar surface area (TPSA) is 50.3 Å². The number of fused-ring (bicyclic) bond motifs is 2. The number of aromatic nitrogens is 2. The van der Waals surface area contributed by atoms with Crippen molar-refractivity contribution < 1.29 is 4.74 Å². The number of ether oxygens (including phenoxy) is 1. The van der Waals surface area contributed by atoms with Crippen molar-refractivity contribution in [2.45, 2.75) is 37.8 Å². The molecule has 2 unspecified atom stereocenters. The van der Waals surface area contributed by atoms with Gasteiger partial charge < -0.3 is 15.0 Å². The second-order valence-corrected chi connectivity index (χ2v) is 5.72. The Morgan fingerprint density at radius 2 is 1.89 bits per heavy atom. The van der Waals surface area contributed by atoms with Crippen molar-refractivity contribution in [3.63, 3.8) is 0 Å². The zero-order chi connectivity index (χ0) is 13.2. The molecule has 3 heterocycles. The average Bonchev–Trinajstić information content (AvgIpc) is 2.68. The molecular weight excluding hydrogens is 240 g/mol. The van der Waals surface area contributed by atoms with Gasteiger partial charge in [0.15, 0.2) is 5.75 Å². The van der Waals surface area contributed by atoms with Crippen molar-refractivity contribution in [1.29, 1.82) is 0 Å². The summed E-state index contributed by atoms with van der Waals surface area (Å²) in [5, 5.41) is 3.35. The molecule has 0 radical (unpaired) electrons. The van der Waals surface area contributed by atoms with Crippen molar-refractivity contribution in [2.75, 3.05) is 26.0 Å². The predicted molar refractivity (Wildman–Crippen MR) is 74.4 cm³/mol.